The molecule has 0 aromatic carbocycles. The Bertz CT molecular complexity index is 637. The summed E-state index contributed by atoms with van der Waals surface area (Å²) in [5.41, 5.74) is 3.22. The highest BCUT2D eigenvalue weighted by atomic mass is 15.2. The molecule has 15 heavy (non-hydrogen) atoms. The maximum atomic E-state index is 4.10. The molecule has 3 aromatic heterocycles. The molecule has 0 saturated heterocycles. The molecular formula is C10H10BN4. The normalized spacial score (nSPS) is 11.3. The predicted molar refractivity (Wildman–Crippen MR) is 60.2 cm³/mol. The Balaban J connectivity index is 2.54. The molecule has 0 spiro atoms. The zero-order valence-corrected chi connectivity index (χ0v) is 8.68. The maximum absolute atomic E-state index is 4.10. The lowest BCUT2D eigenvalue weighted by atomic mass is 10.00. The number of aromatic nitrogens is 4. The third-order valence-electron chi connectivity index (χ3n) is 2.69. The topological polar surface area (TPSA) is 35.1 Å². The predicted octanol–water partition coefficient (Wildman–Crippen LogP) is 1.51. The van der Waals surface area contributed by atoms with Crippen LogP contribution in [0, 0.1) is 6.92 Å². The number of nitrogens with zero attached hydrogens (tertiary/aromatic N) is 4. The van der Waals surface area contributed by atoms with E-state index in [4.69, 9.17) is 0 Å². The van der Waals surface area contributed by atoms with Gasteiger partial charge in [0.1, 0.15) is 5.82 Å². The average molecular weight is 197 g/mol. The smallest absolute Gasteiger partial charge is 0.248 e. The van der Waals surface area contributed by atoms with Gasteiger partial charge < -0.3 is 4.48 Å². The minimum absolute atomic E-state index is 0.897. The zero-order chi connectivity index (χ0) is 10.4. The summed E-state index contributed by atoms with van der Waals surface area (Å²) in [7, 11) is 2.04. The second kappa shape index (κ2) is 2.86. The zero-order valence-electron chi connectivity index (χ0n) is 8.68. The molecule has 0 unspecified atom stereocenters. The molecule has 0 aliphatic carbocycles. The first-order valence-corrected chi connectivity index (χ1v) is 4.92. The van der Waals surface area contributed by atoms with Crippen LogP contribution in [0.25, 0.3) is 16.7 Å². The SMILES string of the molecule is C[B]n1ccc2c1ccc1nnc(C)n12. The van der Waals surface area contributed by atoms with E-state index in [1.54, 1.807) is 0 Å². The lowest BCUT2D eigenvalue weighted by molar-refractivity contribution is 1.02. The molecule has 0 saturated carbocycles. The molecule has 3 rings (SSSR count). The molecule has 0 amide bonds. The van der Waals surface area contributed by atoms with Gasteiger partial charge in [-0.2, -0.15) is 0 Å². The van der Waals surface area contributed by atoms with Crippen molar-refractivity contribution < 1.29 is 0 Å². The van der Waals surface area contributed by atoms with Gasteiger partial charge in [-0.15, -0.1) is 10.2 Å². The van der Waals surface area contributed by atoms with Crippen molar-refractivity contribution in [1.82, 2.24) is 19.1 Å². The van der Waals surface area contributed by atoms with Gasteiger partial charge in [-0.05, 0) is 31.3 Å². The third-order valence-corrected chi connectivity index (χ3v) is 2.69. The standard InChI is InChI=1S/C10H10BN4/c1-7-12-13-10-4-3-8-9(15(7)10)5-6-14(8)11-2/h3-6H,1-2H3. The van der Waals surface area contributed by atoms with Crippen LogP contribution in [0.1, 0.15) is 5.82 Å². The van der Waals surface area contributed by atoms with Gasteiger partial charge in [0.25, 0.3) is 0 Å². The van der Waals surface area contributed by atoms with Crippen molar-refractivity contribution in [3.8, 4) is 0 Å². The van der Waals surface area contributed by atoms with E-state index >= 15 is 0 Å². The largest absolute Gasteiger partial charge is 0.395 e. The van der Waals surface area contributed by atoms with Crippen LogP contribution in [-0.2, 0) is 0 Å². The Morgan fingerprint density at radius 1 is 1.13 bits per heavy atom. The molecule has 1 radical (unpaired) electrons. The minimum Gasteiger partial charge on any atom is -0.395 e. The van der Waals surface area contributed by atoms with Gasteiger partial charge >= 0.3 is 0 Å². The van der Waals surface area contributed by atoms with Crippen molar-refractivity contribution in [2.24, 2.45) is 0 Å². The molecule has 0 aliphatic rings. The highest BCUT2D eigenvalue weighted by Crippen LogP contribution is 2.17. The van der Waals surface area contributed by atoms with Crippen LogP contribution in [0.15, 0.2) is 24.4 Å². The van der Waals surface area contributed by atoms with Gasteiger partial charge in [-0.25, -0.2) is 0 Å². The van der Waals surface area contributed by atoms with Crippen molar-refractivity contribution in [2.45, 2.75) is 13.7 Å². The number of hydrogen-bond acceptors (Lipinski definition) is 2. The van der Waals surface area contributed by atoms with Gasteiger partial charge in [0.15, 0.2) is 5.65 Å². The summed E-state index contributed by atoms with van der Waals surface area (Å²) in [4.78, 5) is 0. The highest BCUT2D eigenvalue weighted by Gasteiger charge is 2.07. The fourth-order valence-corrected chi connectivity index (χ4v) is 1.97. The van der Waals surface area contributed by atoms with Crippen molar-refractivity contribution in [3.05, 3.63) is 30.2 Å². The Morgan fingerprint density at radius 3 is 2.80 bits per heavy atom. The maximum Gasteiger partial charge on any atom is 0.248 e. The van der Waals surface area contributed by atoms with Gasteiger partial charge in [0.2, 0.25) is 7.41 Å². The van der Waals surface area contributed by atoms with Crippen LogP contribution >= 0.6 is 0 Å². The molecule has 4 nitrogen and oxygen atoms in total. The fraction of sp³-hybridized carbons (Fsp3) is 0.200. The molecule has 0 fully saturated rings. The van der Waals surface area contributed by atoms with E-state index in [2.05, 4.69) is 31.2 Å². The summed E-state index contributed by atoms with van der Waals surface area (Å²) >= 11 is 0. The van der Waals surface area contributed by atoms with Gasteiger partial charge in [0.05, 0.1) is 11.0 Å². The van der Waals surface area contributed by atoms with Crippen molar-refractivity contribution >= 4 is 24.1 Å². The first-order valence-electron chi connectivity index (χ1n) is 4.92. The van der Waals surface area contributed by atoms with Gasteiger partial charge in [0, 0.05) is 0 Å². The van der Waals surface area contributed by atoms with Gasteiger partial charge in [-0.3, -0.25) is 4.40 Å². The quantitative estimate of drug-likeness (QED) is 0.554. The molecule has 0 aliphatic heterocycles. The molecular weight excluding hydrogens is 187 g/mol. The highest BCUT2D eigenvalue weighted by molar-refractivity contribution is 6.33. The first-order chi connectivity index (χ1) is 7.31. The third kappa shape index (κ3) is 1.03. The van der Waals surface area contributed by atoms with Crippen LogP contribution in [0.2, 0.25) is 6.82 Å². The Morgan fingerprint density at radius 2 is 2.00 bits per heavy atom. The number of pyridine rings is 1. The van der Waals surface area contributed by atoms with E-state index in [1.165, 1.54) is 5.52 Å². The van der Waals surface area contributed by atoms with E-state index < -0.39 is 0 Å². The summed E-state index contributed by atoms with van der Waals surface area (Å²) in [6.07, 6.45) is 2.05. The summed E-state index contributed by atoms with van der Waals surface area (Å²) in [5.74, 6) is 0.921. The van der Waals surface area contributed by atoms with E-state index in [-0.39, 0.29) is 0 Å². The second-order valence-electron chi connectivity index (χ2n) is 3.53. The fourth-order valence-electron chi connectivity index (χ4n) is 1.97. The summed E-state index contributed by atoms with van der Waals surface area (Å²) < 4.78 is 4.16. The average Bonchev–Trinajstić information content (AvgIpc) is 2.81. The molecule has 3 aromatic rings. The molecule has 0 N–H and O–H groups in total. The molecule has 0 bridgehead atoms. The van der Waals surface area contributed by atoms with E-state index in [9.17, 15) is 0 Å². The monoisotopic (exact) mass is 197 g/mol. The Kier molecular flexibility index (Phi) is 1.62. The second-order valence-corrected chi connectivity index (χ2v) is 3.53. The van der Waals surface area contributed by atoms with Crippen molar-refractivity contribution in [3.63, 3.8) is 0 Å². The number of fused-ring (bicyclic) bond motifs is 3. The Hall–Kier alpha value is -1.78. The molecule has 3 heterocycles. The van der Waals surface area contributed by atoms with Crippen LogP contribution < -0.4 is 0 Å². The Labute approximate surface area is 87.8 Å². The van der Waals surface area contributed by atoms with E-state index in [0.717, 1.165) is 17.0 Å². The number of rotatable bonds is 1. The van der Waals surface area contributed by atoms with E-state index in [1.807, 2.05) is 33.4 Å². The van der Waals surface area contributed by atoms with Crippen LogP contribution in [0.3, 0.4) is 0 Å². The van der Waals surface area contributed by atoms with Crippen LogP contribution in [0.4, 0.5) is 0 Å². The molecule has 0 atom stereocenters. The lowest BCUT2D eigenvalue weighted by Crippen LogP contribution is -1.99. The minimum atomic E-state index is 0.897. The summed E-state index contributed by atoms with van der Waals surface area (Å²) in [5, 5.41) is 8.17. The lowest BCUT2D eigenvalue weighted by Gasteiger charge is -2.01. The summed E-state index contributed by atoms with van der Waals surface area (Å²) in [6, 6.07) is 6.14. The molecule has 5 heteroatoms. The van der Waals surface area contributed by atoms with Crippen LogP contribution in [0.5, 0.6) is 0 Å². The van der Waals surface area contributed by atoms with E-state index in [0.29, 0.717) is 0 Å². The molecule has 73 valence electrons. The van der Waals surface area contributed by atoms with Gasteiger partial charge in [-0.1, -0.05) is 6.82 Å². The van der Waals surface area contributed by atoms with Crippen molar-refractivity contribution in [2.75, 3.05) is 0 Å². The first kappa shape index (κ1) is 8.53. The number of hydrogen-bond donors (Lipinski definition) is 0. The van der Waals surface area contributed by atoms with Crippen molar-refractivity contribution in [1.29, 1.82) is 0 Å². The number of aryl methyl sites for hydroxylation is 1. The van der Waals surface area contributed by atoms with Crippen LogP contribution in [-0.4, -0.2) is 26.5 Å². The summed E-state index contributed by atoms with van der Waals surface area (Å²) in [6.45, 7) is 3.98.